The smallest absolute Gasteiger partial charge is 0.313 e. The quantitative estimate of drug-likeness (QED) is 0.160. The molecule has 0 radical (unpaired) electrons. The van der Waals surface area contributed by atoms with Crippen molar-refractivity contribution in [3.8, 4) is 17.3 Å². The van der Waals surface area contributed by atoms with Crippen LogP contribution in [0, 0.1) is 35.0 Å². The van der Waals surface area contributed by atoms with Gasteiger partial charge in [-0.1, -0.05) is 19.9 Å². The van der Waals surface area contributed by atoms with E-state index in [4.69, 9.17) is 24.2 Å². The molecule has 1 aliphatic carbocycles. The maximum Gasteiger partial charge on any atom is 0.313 e. The van der Waals surface area contributed by atoms with Gasteiger partial charge in [0.05, 0.1) is 29.2 Å². The number of nitrogens with one attached hydrogen (secondary N) is 3. The standard InChI is InChI=1S/C38H56N10O4/c1-25(2)35(52-36(49)37(5,6)7)48-46-34(45-47-48)22-51-21-27(4)42-28-11-13-29(14-12-28)43-33-19-30(26(3)20-40-33)31-9-8-10-32(44-31)41-24-38(23-39)15-17-50-18-16-38/h8-10,19-20,25,27-29,35,42H,11-18,21-22,24H2,1-7H3,(H,40,43)(H,41,44)/t27-,28?,29?,35-/m0/s1. The van der Waals surface area contributed by atoms with Crippen molar-refractivity contribution in [1.82, 2.24) is 35.5 Å². The van der Waals surface area contributed by atoms with E-state index >= 15 is 0 Å². The van der Waals surface area contributed by atoms with Gasteiger partial charge in [0.15, 0.2) is 0 Å². The number of esters is 1. The third kappa shape index (κ3) is 10.7. The highest BCUT2D eigenvalue weighted by molar-refractivity contribution is 5.75. The van der Waals surface area contributed by atoms with Gasteiger partial charge in [-0.3, -0.25) is 4.79 Å². The maximum absolute atomic E-state index is 12.5. The van der Waals surface area contributed by atoms with Crippen LogP contribution in [0.3, 0.4) is 0 Å². The Hall–Kier alpha value is -4.19. The molecule has 52 heavy (non-hydrogen) atoms. The number of tetrazole rings is 1. The summed E-state index contributed by atoms with van der Waals surface area (Å²) < 4.78 is 17.1. The second kappa shape index (κ2) is 17.6. The molecule has 0 amide bonds. The Bertz CT molecular complexity index is 1650. The van der Waals surface area contributed by atoms with Crippen molar-refractivity contribution in [2.75, 3.05) is 37.0 Å². The molecule has 0 spiro atoms. The third-order valence-electron chi connectivity index (χ3n) is 9.73. The van der Waals surface area contributed by atoms with Crippen molar-refractivity contribution in [2.24, 2.45) is 16.7 Å². The monoisotopic (exact) mass is 716 g/mol. The predicted molar refractivity (Wildman–Crippen MR) is 198 cm³/mol. The number of hydrogen-bond acceptors (Lipinski definition) is 13. The van der Waals surface area contributed by atoms with E-state index in [2.05, 4.69) is 57.3 Å². The van der Waals surface area contributed by atoms with Crippen LogP contribution < -0.4 is 16.0 Å². The lowest BCUT2D eigenvalue weighted by Crippen LogP contribution is -2.43. The van der Waals surface area contributed by atoms with Crippen molar-refractivity contribution in [1.29, 1.82) is 5.26 Å². The van der Waals surface area contributed by atoms with Crippen LogP contribution in [0.1, 0.15) is 97.7 Å². The van der Waals surface area contributed by atoms with E-state index in [1.54, 1.807) is 0 Å². The van der Waals surface area contributed by atoms with Gasteiger partial charge in [-0.2, -0.15) is 5.26 Å². The number of aromatic nitrogens is 6. The molecule has 1 aliphatic heterocycles. The van der Waals surface area contributed by atoms with Crippen molar-refractivity contribution in [3.63, 3.8) is 0 Å². The summed E-state index contributed by atoms with van der Waals surface area (Å²) in [7, 11) is 0. The average Bonchev–Trinajstić information content (AvgIpc) is 3.59. The predicted octanol–water partition coefficient (Wildman–Crippen LogP) is 5.83. The number of hydrogen-bond donors (Lipinski definition) is 3. The molecule has 2 fully saturated rings. The van der Waals surface area contributed by atoms with Gasteiger partial charge in [0.1, 0.15) is 18.2 Å². The fourth-order valence-electron chi connectivity index (χ4n) is 6.46. The van der Waals surface area contributed by atoms with Crippen LogP contribution in [-0.2, 0) is 25.6 Å². The summed E-state index contributed by atoms with van der Waals surface area (Å²) >= 11 is 0. The second-order valence-corrected chi connectivity index (χ2v) is 15.7. The van der Waals surface area contributed by atoms with Crippen LogP contribution in [0.25, 0.3) is 11.3 Å². The third-order valence-corrected chi connectivity index (χ3v) is 9.73. The molecule has 2 atom stereocenters. The SMILES string of the molecule is Cc1cnc(NC2CCC(N[C@@H](C)COCc3nnn([C@@H](OC(=O)C(C)(C)C)C(C)C)n3)CC2)cc1-c1cccc(NCC2(C#N)CCOCC2)n1. The molecular formula is C38H56N10O4. The van der Waals surface area contributed by atoms with Crippen molar-refractivity contribution in [2.45, 2.75) is 118 Å². The molecule has 3 aromatic heterocycles. The Morgan fingerprint density at radius 3 is 2.54 bits per heavy atom. The van der Waals surface area contributed by atoms with E-state index in [-0.39, 0.29) is 24.5 Å². The van der Waals surface area contributed by atoms with Crippen molar-refractivity contribution < 1.29 is 19.0 Å². The fraction of sp³-hybridized carbons (Fsp3) is 0.658. The molecule has 2 aliphatic rings. The molecule has 14 heteroatoms. The maximum atomic E-state index is 12.5. The van der Waals surface area contributed by atoms with Gasteiger partial charge in [0.2, 0.25) is 12.1 Å². The van der Waals surface area contributed by atoms with Crippen molar-refractivity contribution >= 4 is 17.6 Å². The summed E-state index contributed by atoms with van der Waals surface area (Å²) in [5, 5.41) is 33.3. The molecule has 0 aromatic carbocycles. The van der Waals surface area contributed by atoms with E-state index in [0.717, 1.165) is 67.0 Å². The Kier molecular flexibility index (Phi) is 13.2. The molecule has 0 bridgehead atoms. The topological polar surface area (TPSA) is 174 Å². The minimum absolute atomic E-state index is 0.0229. The largest absolute Gasteiger partial charge is 0.437 e. The average molecular weight is 717 g/mol. The van der Waals surface area contributed by atoms with Crippen molar-refractivity contribution in [3.05, 3.63) is 41.9 Å². The van der Waals surface area contributed by atoms with E-state index in [9.17, 15) is 10.1 Å². The molecule has 3 N–H and O–H groups in total. The van der Waals surface area contributed by atoms with Crippen LogP contribution in [0.2, 0.25) is 0 Å². The number of anilines is 2. The lowest BCUT2D eigenvalue weighted by molar-refractivity contribution is -0.169. The summed E-state index contributed by atoms with van der Waals surface area (Å²) in [6.07, 6.45) is 6.88. The first-order valence-corrected chi connectivity index (χ1v) is 18.6. The molecule has 3 aromatic rings. The molecular weight excluding hydrogens is 660 g/mol. The summed E-state index contributed by atoms with van der Waals surface area (Å²) in [4.78, 5) is 23.4. The van der Waals surface area contributed by atoms with E-state index in [0.29, 0.717) is 44.3 Å². The molecule has 1 saturated heterocycles. The first-order valence-electron chi connectivity index (χ1n) is 18.6. The minimum Gasteiger partial charge on any atom is -0.437 e. The molecule has 0 unspecified atom stereocenters. The number of pyridine rings is 2. The Balaban J connectivity index is 1.05. The number of carbonyl (C=O) groups is 1. The lowest BCUT2D eigenvalue weighted by Gasteiger charge is -2.32. The number of rotatable bonds is 15. The van der Waals surface area contributed by atoms with Gasteiger partial charge in [-0.05, 0) is 102 Å². The van der Waals surface area contributed by atoms with Gasteiger partial charge in [0, 0.05) is 55.6 Å². The number of ether oxygens (including phenoxy) is 3. The van der Waals surface area contributed by atoms with E-state index in [1.807, 2.05) is 59.0 Å². The highest BCUT2D eigenvalue weighted by atomic mass is 16.6. The second-order valence-electron chi connectivity index (χ2n) is 15.7. The van der Waals surface area contributed by atoms with Crippen LogP contribution in [0.4, 0.5) is 11.6 Å². The van der Waals surface area contributed by atoms with Gasteiger partial charge in [-0.25, -0.2) is 9.97 Å². The number of carbonyl (C=O) groups excluding carboxylic acids is 1. The minimum atomic E-state index is -0.634. The lowest BCUT2D eigenvalue weighted by atomic mass is 9.82. The molecule has 4 heterocycles. The zero-order valence-corrected chi connectivity index (χ0v) is 31.8. The van der Waals surface area contributed by atoms with Gasteiger partial charge in [-0.15, -0.1) is 15.0 Å². The molecule has 1 saturated carbocycles. The zero-order chi connectivity index (χ0) is 37.3. The molecule has 282 valence electrons. The summed E-state index contributed by atoms with van der Waals surface area (Å²) in [5.74, 6) is 1.72. The highest BCUT2D eigenvalue weighted by Crippen LogP contribution is 2.31. The molecule has 5 rings (SSSR count). The Labute approximate surface area is 307 Å². The summed E-state index contributed by atoms with van der Waals surface area (Å²) in [6, 6.07) is 11.5. The van der Waals surface area contributed by atoms with Gasteiger partial charge in [0.25, 0.3) is 0 Å². The van der Waals surface area contributed by atoms with Crippen LogP contribution in [-0.4, -0.2) is 80.6 Å². The normalized spacial score (nSPS) is 20.1. The Morgan fingerprint density at radius 1 is 1.12 bits per heavy atom. The number of aryl methyl sites for hydroxylation is 1. The summed E-state index contributed by atoms with van der Waals surface area (Å²) in [6.45, 7) is 16.0. The van der Waals surface area contributed by atoms with Gasteiger partial charge < -0.3 is 30.2 Å². The zero-order valence-electron chi connectivity index (χ0n) is 31.8. The van der Waals surface area contributed by atoms with Crippen LogP contribution in [0.5, 0.6) is 0 Å². The Morgan fingerprint density at radius 2 is 1.85 bits per heavy atom. The summed E-state index contributed by atoms with van der Waals surface area (Å²) in [5.41, 5.74) is 1.91. The highest BCUT2D eigenvalue weighted by Gasteiger charge is 2.33. The number of nitrogens with zero attached hydrogens (tertiary/aromatic N) is 7. The van der Waals surface area contributed by atoms with Crippen LogP contribution >= 0.6 is 0 Å². The van der Waals surface area contributed by atoms with E-state index in [1.165, 1.54) is 4.80 Å². The van der Waals surface area contributed by atoms with Crippen LogP contribution in [0.15, 0.2) is 30.5 Å². The van der Waals surface area contributed by atoms with Gasteiger partial charge >= 0.3 is 5.97 Å². The fourth-order valence-corrected chi connectivity index (χ4v) is 6.46. The first kappa shape index (κ1) is 39.0. The van der Waals surface area contributed by atoms with E-state index < -0.39 is 17.1 Å². The first-order chi connectivity index (χ1) is 24.8. The molecule has 14 nitrogen and oxygen atoms in total. The number of nitriles is 1.